The fourth-order valence-corrected chi connectivity index (χ4v) is 4.14. The quantitative estimate of drug-likeness (QED) is 0.877. The van der Waals surface area contributed by atoms with Gasteiger partial charge in [0.1, 0.15) is 11.6 Å². The van der Waals surface area contributed by atoms with Crippen molar-refractivity contribution in [2.24, 2.45) is 0 Å². The van der Waals surface area contributed by atoms with Crippen molar-refractivity contribution in [1.82, 2.24) is 25.0 Å². The molecule has 0 spiro atoms. The molecule has 1 aromatic carbocycles. The summed E-state index contributed by atoms with van der Waals surface area (Å²) >= 11 is 0. The van der Waals surface area contributed by atoms with Crippen LogP contribution in [-0.2, 0) is 24.3 Å². The number of aromatic nitrogens is 3. The Morgan fingerprint density at radius 3 is 3.07 bits per heavy atom. The lowest BCUT2D eigenvalue weighted by Gasteiger charge is -2.26. The first-order chi connectivity index (χ1) is 13.1. The van der Waals surface area contributed by atoms with Gasteiger partial charge >= 0.3 is 0 Å². The van der Waals surface area contributed by atoms with Crippen molar-refractivity contribution >= 4 is 5.91 Å². The maximum absolute atomic E-state index is 13.4. The first-order valence-electron chi connectivity index (χ1n) is 9.80. The van der Waals surface area contributed by atoms with E-state index in [1.165, 1.54) is 6.07 Å². The molecule has 0 saturated carbocycles. The van der Waals surface area contributed by atoms with Crippen molar-refractivity contribution in [3.05, 3.63) is 46.8 Å². The molecular weight excluding hydrogens is 345 g/mol. The van der Waals surface area contributed by atoms with Crippen LogP contribution in [0.2, 0.25) is 0 Å². The van der Waals surface area contributed by atoms with Crippen LogP contribution in [0.25, 0.3) is 0 Å². The Morgan fingerprint density at radius 2 is 2.22 bits per heavy atom. The maximum Gasteiger partial charge on any atom is 0.223 e. The van der Waals surface area contributed by atoms with Gasteiger partial charge in [0.05, 0.1) is 12.6 Å². The van der Waals surface area contributed by atoms with E-state index >= 15 is 0 Å². The van der Waals surface area contributed by atoms with E-state index in [1.54, 1.807) is 6.92 Å². The highest BCUT2D eigenvalue weighted by atomic mass is 19.1. The van der Waals surface area contributed by atoms with E-state index in [0.717, 1.165) is 69.1 Å². The van der Waals surface area contributed by atoms with Crippen LogP contribution in [0, 0.1) is 12.7 Å². The molecule has 1 saturated heterocycles. The molecule has 6 nitrogen and oxygen atoms in total. The van der Waals surface area contributed by atoms with Gasteiger partial charge in [-0.1, -0.05) is 12.1 Å². The van der Waals surface area contributed by atoms with Crippen molar-refractivity contribution in [3.63, 3.8) is 0 Å². The zero-order valence-corrected chi connectivity index (χ0v) is 15.7. The minimum Gasteiger partial charge on any atom is -0.332 e. The van der Waals surface area contributed by atoms with Gasteiger partial charge in [0, 0.05) is 26.1 Å². The summed E-state index contributed by atoms with van der Waals surface area (Å²) in [4.78, 5) is 14.8. The lowest BCUT2D eigenvalue weighted by Crippen LogP contribution is -2.34. The molecule has 7 heteroatoms. The highest BCUT2D eigenvalue weighted by molar-refractivity contribution is 5.77. The Hall–Kier alpha value is -2.28. The van der Waals surface area contributed by atoms with E-state index in [1.807, 2.05) is 17.0 Å². The topological polar surface area (TPSA) is 63.1 Å². The van der Waals surface area contributed by atoms with Gasteiger partial charge in [-0.05, 0) is 49.8 Å². The van der Waals surface area contributed by atoms with Crippen LogP contribution in [0.3, 0.4) is 0 Å². The van der Waals surface area contributed by atoms with Gasteiger partial charge in [0.25, 0.3) is 0 Å². The van der Waals surface area contributed by atoms with Gasteiger partial charge in [-0.25, -0.2) is 4.39 Å². The molecule has 2 aromatic rings. The van der Waals surface area contributed by atoms with Crippen molar-refractivity contribution in [2.45, 2.75) is 58.2 Å². The largest absolute Gasteiger partial charge is 0.332 e. The monoisotopic (exact) mass is 371 g/mol. The normalized spacial score (nSPS) is 19.3. The number of hydrogen-bond donors (Lipinski definition) is 1. The molecule has 0 bridgehead atoms. The van der Waals surface area contributed by atoms with Crippen LogP contribution >= 0.6 is 0 Å². The number of likely N-dealkylation sites (tertiary alicyclic amines) is 1. The average Bonchev–Trinajstić information content (AvgIpc) is 3.31. The summed E-state index contributed by atoms with van der Waals surface area (Å²) in [6, 6.07) is 5.23. The number of hydrogen-bond acceptors (Lipinski definition) is 4. The van der Waals surface area contributed by atoms with Crippen molar-refractivity contribution in [1.29, 1.82) is 0 Å². The summed E-state index contributed by atoms with van der Waals surface area (Å²) in [7, 11) is 0. The molecule has 27 heavy (non-hydrogen) atoms. The maximum atomic E-state index is 13.4. The number of benzene rings is 1. The molecule has 1 atom stereocenters. The van der Waals surface area contributed by atoms with Crippen molar-refractivity contribution in [2.75, 3.05) is 13.1 Å². The third-order valence-corrected chi connectivity index (χ3v) is 5.60. The van der Waals surface area contributed by atoms with E-state index in [4.69, 9.17) is 0 Å². The molecule has 0 radical (unpaired) electrons. The molecule has 3 heterocycles. The summed E-state index contributed by atoms with van der Waals surface area (Å²) in [5.41, 5.74) is 1.74. The average molecular weight is 371 g/mol. The van der Waals surface area contributed by atoms with Gasteiger partial charge in [-0.3, -0.25) is 4.79 Å². The molecule has 2 aliphatic rings. The molecular formula is C20H26FN5O. The lowest BCUT2D eigenvalue weighted by atomic mass is 10.0. The minimum atomic E-state index is -0.179. The number of nitrogens with one attached hydrogen (secondary N) is 1. The zero-order valence-electron chi connectivity index (χ0n) is 15.7. The number of amides is 1. The fourth-order valence-electron chi connectivity index (χ4n) is 4.14. The fraction of sp³-hybridized carbons (Fsp3) is 0.550. The van der Waals surface area contributed by atoms with Crippen LogP contribution in [0.4, 0.5) is 4.39 Å². The van der Waals surface area contributed by atoms with Gasteiger partial charge in [0.15, 0.2) is 5.82 Å². The lowest BCUT2D eigenvalue weighted by molar-refractivity contribution is -0.132. The summed E-state index contributed by atoms with van der Waals surface area (Å²) in [5.74, 6) is 1.90. The Kier molecular flexibility index (Phi) is 5.20. The van der Waals surface area contributed by atoms with Crippen LogP contribution < -0.4 is 5.32 Å². The summed E-state index contributed by atoms with van der Waals surface area (Å²) < 4.78 is 15.5. The number of carbonyl (C=O) groups excluding carboxylic acids is 1. The molecule has 1 aromatic heterocycles. The SMILES string of the molecule is Cc1cc(CCCC(=O)N2CCC[C@@H]2c2nnc3n2CCNC3)ccc1F. The van der Waals surface area contributed by atoms with Crippen molar-refractivity contribution < 1.29 is 9.18 Å². The number of carbonyl (C=O) groups is 1. The van der Waals surface area contributed by atoms with E-state index in [-0.39, 0.29) is 17.8 Å². The second kappa shape index (κ2) is 7.76. The van der Waals surface area contributed by atoms with E-state index in [0.29, 0.717) is 12.0 Å². The predicted octanol–water partition coefficient (Wildman–Crippen LogP) is 2.52. The van der Waals surface area contributed by atoms with E-state index in [9.17, 15) is 9.18 Å². The smallest absolute Gasteiger partial charge is 0.223 e. The highest BCUT2D eigenvalue weighted by Crippen LogP contribution is 2.32. The van der Waals surface area contributed by atoms with Crippen molar-refractivity contribution in [3.8, 4) is 0 Å². The standard InChI is InChI=1S/C20H26FN5O/c1-14-12-15(7-8-16(14)21)4-2-6-19(27)25-10-3-5-17(25)20-24-23-18-13-22-9-11-26(18)20/h7-8,12,17,22H,2-6,9-11,13H2,1H3/t17-/m1/s1. The summed E-state index contributed by atoms with van der Waals surface area (Å²) in [6.45, 7) is 5.08. The Balaban J connectivity index is 1.38. The Bertz CT molecular complexity index is 834. The number of fused-ring (bicyclic) bond motifs is 1. The number of halogens is 1. The van der Waals surface area contributed by atoms with Gasteiger partial charge in [0.2, 0.25) is 5.91 Å². The molecule has 2 aliphatic heterocycles. The predicted molar refractivity (Wildman–Crippen MR) is 99.5 cm³/mol. The van der Waals surface area contributed by atoms with Crippen LogP contribution in [0.5, 0.6) is 0 Å². The Labute approximate surface area is 158 Å². The number of aryl methyl sites for hydroxylation is 2. The van der Waals surface area contributed by atoms with Crippen LogP contribution in [0.15, 0.2) is 18.2 Å². The third kappa shape index (κ3) is 3.74. The summed E-state index contributed by atoms with van der Waals surface area (Å²) in [6.07, 6.45) is 4.03. The molecule has 1 N–H and O–H groups in total. The second-order valence-electron chi connectivity index (χ2n) is 7.49. The molecule has 1 fully saturated rings. The first kappa shape index (κ1) is 18.1. The third-order valence-electron chi connectivity index (χ3n) is 5.60. The summed E-state index contributed by atoms with van der Waals surface area (Å²) in [5, 5.41) is 12.0. The molecule has 4 rings (SSSR count). The molecule has 1 amide bonds. The minimum absolute atomic E-state index is 0.0462. The van der Waals surface area contributed by atoms with Crippen LogP contribution in [0.1, 0.15) is 54.5 Å². The molecule has 0 aliphatic carbocycles. The zero-order chi connectivity index (χ0) is 18.8. The number of nitrogens with zero attached hydrogens (tertiary/aromatic N) is 4. The van der Waals surface area contributed by atoms with E-state index in [2.05, 4.69) is 20.1 Å². The van der Waals surface area contributed by atoms with Gasteiger partial charge in [-0.2, -0.15) is 0 Å². The van der Waals surface area contributed by atoms with E-state index < -0.39 is 0 Å². The molecule has 144 valence electrons. The Morgan fingerprint density at radius 1 is 1.33 bits per heavy atom. The number of rotatable bonds is 5. The van der Waals surface area contributed by atoms with Gasteiger partial charge < -0.3 is 14.8 Å². The molecule has 0 unspecified atom stereocenters. The second-order valence-corrected chi connectivity index (χ2v) is 7.49. The highest BCUT2D eigenvalue weighted by Gasteiger charge is 2.34. The van der Waals surface area contributed by atoms with Crippen LogP contribution in [-0.4, -0.2) is 38.7 Å². The first-order valence-corrected chi connectivity index (χ1v) is 9.80. The van der Waals surface area contributed by atoms with Gasteiger partial charge in [-0.15, -0.1) is 10.2 Å².